The fraction of sp³-hybridized carbons (Fsp3) is 0. The molecule has 0 aliphatic rings. The van der Waals surface area contributed by atoms with Crippen molar-refractivity contribution < 1.29 is 122 Å². The monoisotopic (exact) mass is 250 g/mol. The Kier molecular flexibility index (Phi) is 11.8. The van der Waals surface area contributed by atoms with E-state index in [9.17, 15) is 14.4 Å². The van der Waals surface area contributed by atoms with Crippen molar-refractivity contribution in [2.75, 3.05) is 0 Å². The molecule has 0 saturated carbocycles. The standard InChI is InChI=1S/C6H7O4P.2K/c7-11(8,9)10-6-4-2-1-3-5-6;;/h1-5H,(H2,7,8,9);;/q;2*+1/p-2. The third-order valence-corrected chi connectivity index (χ3v) is 1.39. The van der Waals surface area contributed by atoms with Crippen LogP contribution < -0.4 is 117 Å². The average molecular weight is 250 g/mol. The molecule has 0 aromatic heterocycles. The zero-order chi connectivity index (χ0) is 8.32. The summed E-state index contributed by atoms with van der Waals surface area (Å²) >= 11 is 0. The summed E-state index contributed by atoms with van der Waals surface area (Å²) in [5.41, 5.74) is 0. The first-order chi connectivity index (χ1) is 5.08. The average Bonchev–Trinajstić information content (AvgIpc) is 1.85. The third kappa shape index (κ3) is 9.38. The minimum absolute atomic E-state index is 0. The topological polar surface area (TPSA) is 72.4 Å². The molecular formula is C6H5K2O4P. The van der Waals surface area contributed by atoms with Crippen LogP contribution in [0, 0.1) is 0 Å². The van der Waals surface area contributed by atoms with Gasteiger partial charge in [-0.15, -0.1) is 0 Å². The van der Waals surface area contributed by atoms with E-state index < -0.39 is 7.82 Å². The largest absolute Gasteiger partial charge is 1.00 e. The molecule has 0 bridgehead atoms. The Morgan fingerprint density at radius 1 is 1.08 bits per heavy atom. The van der Waals surface area contributed by atoms with E-state index in [-0.39, 0.29) is 109 Å². The van der Waals surface area contributed by atoms with Crippen molar-refractivity contribution in [2.24, 2.45) is 0 Å². The van der Waals surface area contributed by atoms with E-state index in [0.29, 0.717) is 0 Å². The zero-order valence-corrected chi connectivity index (χ0v) is 14.6. The fourth-order valence-electron chi connectivity index (χ4n) is 0.610. The third-order valence-electron chi connectivity index (χ3n) is 0.960. The maximum Gasteiger partial charge on any atom is 1.00 e. The Bertz CT molecular complexity index is 273. The van der Waals surface area contributed by atoms with E-state index >= 15 is 0 Å². The van der Waals surface area contributed by atoms with Gasteiger partial charge >= 0.3 is 103 Å². The molecule has 1 rings (SSSR count). The smallest absolute Gasteiger partial charge is 0.780 e. The van der Waals surface area contributed by atoms with Gasteiger partial charge in [-0.1, -0.05) is 18.2 Å². The zero-order valence-electron chi connectivity index (χ0n) is 7.47. The summed E-state index contributed by atoms with van der Waals surface area (Å²) < 4.78 is 14.1. The maximum atomic E-state index is 10.1. The van der Waals surface area contributed by atoms with Crippen LogP contribution in [0.2, 0.25) is 0 Å². The first kappa shape index (κ1) is 17.8. The molecule has 0 N–H and O–H groups in total. The molecule has 4 nitrogen and oxygen atoms in total. The van der Waals surface area contributed by atoms with Crippen LogP contribution in [0.1, 0.15) is 0 Å². The van der Waals surface area contributed by atoms with E-state index in [4.69, 9.17) is 0 Å². The van der Waals surface area contributed by atoms with Gasteiger partial charge in [0.15, 0.2) is 0 Å². The molecule has 0 amide bonds. The van der Waals surface area contributed by atoms with Gasteiger partial charge in [-0.3, -0.25) is 0 Å². The van der Waals surface area contributed by atoms with Crippen LogP contribution in [-0.2, 0) is 4.57 Å². The predicted octanol–water partition coefficient (Wildman–Crippen LogP) is -6.10. The molecule has 1 aromatic rings. The molecule has 0 spiro atoms. The van der Waals surface area contributed by atoms with Crippen LogP contribution in [0.4, 0.5) is 0 Å². The van der Waals surface area contributed by atoms with Gasteiger partial charge in [0.1, 0.15) is 13.6 Å². The Labute approximate surface area is 162 Å². The first-order valence-electron chi connectivity index (χ1n) is 2.85. The molecule has 0 aliphatic heterocycles. The van der Waals surface area contributed by atoms with Crippen LogP contribution >= 0.6 is 7.82 Å². The Morgan fingerprint density at radius 2 is 1.54 bits per heavy atom. The number of benzene rings is 1. The number of hydrogen-bond donors (Lipinski definition) is 0. The van der Waals surface area contributed by atoms with Gasteiger partial charge in [-0.2, -0.15) is 0 Å². The molecular weight excluding hydrogens is 245 g/mol. The molecule has 60 valence electrons. The minimum atomic E-state index is -4.89. The van der Waals surface area contributed by atoms with E-state index in [2.05, 4.69) is 4.52 Å². The van der Waals surface area contributed by atoms with Crippen LogP contribution in [0.25, 0.3) is 0 Å². The van der Waals surface area contributed by atoms with E-state index in [1.54, 1.807) is 18.2 Å². The summed E-state index contributed by atoms with van der Waals surface area (Å²) in [6.45, 7) is 0. The van der Waals surface area contributed by atoms with Gasteiger partial charge in [0, 0.05) is 0 Å². The van der Waals surface area contributed by atoms with Crippen LogP contribution in [0.5, 0.6) is 5.75 Å². The Morgan fingerprint density at radius 3 is 1.92 bits per heavy atom. The van der Waals surface area contributed by atoms with Gasteiger partial charge in [0.25, 0.3) is 0 Å². The van der Waals surface area contributed by atoms with Crippen molar-refractivity contribution >= 4 is 7.82 Å². The van der Waals surface area contributed by atoms with E-state index in [1.807, 2.05) is 0 Å². The van der Waals surface area contributed by atoms with Gasteiger partial charge in [-0.25, -0.2) is 0 Å². The molecule has 0 unspecified atom stereocenters. The minimum Gasteiger partial charge on any atom is -0.780 e. The predicted molar refractivity (Wildman–Crippen MR) is 34.7 cm³/mol. The summed E-state index contributed by atoms with van der Waals surface area (Å²) in [5.74, 6) is 0.0424. The fourth-order valence-corrected chi connectivity index (χ4v) is 0.990. The van der Waals surface area contributed by atoms with Crippen molar-refractivity contribution in [1.82, 2.24) is 0 Å². The van der Waals surface area contributed by atoms with Crippen molar-refractivity contribution in [3.8, 4) is 5.75 Å². The van der Waals surface area contributed by atoms with Crippen molar-refractivity contribution in [3.63, 3.8) is 0 Å². The maximum absolute atomic E-state index is 10.1. The van der Waals surface area contributed by atoms with Crippen molar-refractivity contribution in [3.05, 3.63) is 30.3 Å². The van der Waals surface area contributed by atoms with Crippen LogP contribution in [-0.4, -0.2) is 0 Å². The van der Waals surface area contributed by atoms with E-state index in [1.165, 1.54) is 12.1 Å². The van der Waals surface area contributed by atoms with E-state index in [0.717, 1.165) is 0 Å². The summed E-state index contributed by atoms with van der Waals surface area (Å²) in [5, 5.41) is 0. The second-order valence-corrected chi connectivity index (χ2v) is 2.93. The molecule has 0 fully saturated rings. The number of phosphoric ester groups is 1. The van der Waals surface area contributed by atoms with Crippen LogP contribution in [0.15, 0.2) is 30.3 Å². The molecule has 0 heterocycles. The van der Waals surface area contributed by atoms with Crippen LogP contribution in [0.3, 0.4) is 0 Å². The van der Waals surface area contributed by atoms with Gasteiger partial charge < -0.3 is 18.9 Å². The Balaban J connectivity index is 0. The molecule has 0 atom stereocenters. The molecule has 0 aliphatic carbocycles. The quantitative estimate of drug-likeness (QED) is 0.387. The number of rotatable bonds is 2. The van der Waals surface area contributed by atoms with Gasteiger partial charge in [0.2, 0.25) is 0 Å². The molecule has 0 radical (unpaired) electrons. The molecule has 1 aromatic carbocycles. The summed E-state index contributed by atoms with van der Waals surface area (Å²) in [7, 11) is -4.89. The summed E-state index contributed by atoms with van der Waals surface area (Å²) in [4.78, 5) is 20.1. The van der Waals surface area contributed by atoms with Crippen molar-refractivity contribution in [2.45, 2.75) is 0 Å². The number of phosphoric acid groups is 1. The summed E-state index contributed by atoms with van der Waals surface area (Å²) in [6.07, 6.45) is 0. The SMILES string of the molecule is O=P([O-])([O-])Oc1ccccc1.[K+].[K+]. The second kappa shape index (κ2) is 8.58. The van der Waals surface area contributed by atoms with Gasteiger partial charge in [0.05, 0.1) is 0 Å². The van der Waals surface area contributed by atoms with Gasteiger partial charge in [-0.05, 0) is 12.1 Å². The summed E-state index contributed by atoms with van der Waals surface area (Å²) in [6, 6.07) is 7.62. The number of hydrogen-bond acceptors (Lipinski definition) is 4. The number of para-hydroxylation sites is 1. The second-order valence-electron chi connectivity index (χ2n) is 1.85. The Hall–Kier alpha value is 2.44. The molecule has 0 saturated heterocycles. The van der Waals surface area contributed by atoms with Crippen molar-refractivity contribution in [1.29, 1.82) is 0 Å². The normalized spacial score (nSPS) is 9.38. The first-order valence-corrected chi connectivity index (χ1v) is 4.31. The molecule has 13 heavy (non-hydrogen) atoms. The molecule has 7 heteroatoms.